The highest BCUT2D eigenvalue weighted by Crippen LogP contribution is 2.44. The number of hydrogen-bond acceptors (Lipinski definition) is 6. The maximum Gasteiger partial charge on any atom is 0.213 e. The van der Waals surface area contributed by atoms with Crippen LogP contribution in [0, 0.1) is 6.92 Å². The molecule has 0 aromatic carbocycles. The fraction of sp³-hybridized carbons (Fsp3) is 0.455. The van der Waals surface area contributed by atoms with Gasteiger partial charge in [-0.05, 0) is 66.4 Å². The normalized spacial score (nSPS) is 13.2. The Labute approximate surface area is 182 Å². The van der Waals surface area contributed by atoms with Crippen molar-refractivity contribution in [3.63, 3.8) is 0 Å². The average Bonchev–Trinajstić information content (AvgIpc) is 3.29. The summed E-state index contributed by atoms with van der Waals surface area (Å²) >= 11 is 1.53. The Balaban J connectivity index is 0.000000589. The lowest BCUT2D eigenvalue weighted by Crippen LogP contribution is -2.10. The van der Waals surface area contributed by atoms with Crippen LogP contribution in [0.5, 0.6) is 0 Å². The predicted molar refractivity (Wildman–Crippen MR) is 123 cm³/mol. The van der Waals surface area contributed by atoms with Crippen LogP contribution in [0.25, 0.3) is 21.8 Å². The van der Waals surface area contributed by atoms with Crippen LogP contribution in [0.4, 0.5) is 5.13 Å². The van der Waals surface area contributed by atoms with Crippen LogP contribution >= 0.6 is 11.3 Å². The second kappa shape index (κ2) is 9.49. The van der Waals surface area contributed by atoms with Crippen molar-refractivity contribution in [2.45, 2.75) is 46.1 Å². The highest BCUT2D eigenvalue weighted by atomic mass is 32.1. The van der Waals surface area contributed by atoms with Gasteiger partial charge in [-0.15, -0.1) is 0 Å². The molecule has 8 heteroatoms. The van der Waals surface area contributed by atoms with Gasteiger partial charge in [0.05, 0.1) is 22.0 Å². The molecule has 0 saturated carbocycles. The molecule has 4 rings (SSSR count). The molecule has 0 saturated heterocycles. The van der Waals surface area contributed by atoms with E-state index in [2.05, 4.69) is 39.9 Å². The molecular formula is C22H30N6OS. The number of fused-ring (bicyclic) bond motifs is 3. The van der Waals surface area contributed by atoms with Gasteiger partial charge < -0.3 is 10.2 Å². The molecule has 1 atom stereocenters. The monoisotopic (exact) mass is 426 g/mol. The van der Waals surface area contributed by atoms with E-state index < -0.39 is 0 Å². The van der Waals surface area contributed by atoms with Gasteiger partial charge in [-0.2, -0.15) is 5.10 Å². The van der Waals surface area contributed by atoms with Crippen LogP contribution in [0.3, 0.4) is 0 Å². The van der Waals surface area contributed by atoms with Gasteiger partial charge in [0.1, 0.15) is 0 Å². The van der Waals surface area contributed by atoms with Crippen molar-refractivity contribution in [1.29, 1.82) is 0 Å². The molecule has 1 aliphatic rings. The van der Waals surface area contributed by atoms with E-state index in [0.29, 0.717) is 11.5 Å². The molecule has 0 bridgehead atoms. The summed E-state index contributed by atoms with van der Waals surface area (Å²) in [5.41, 5.74) is 6.51. The Morgan fingerprint density at radius 2 is 2.03 bits per heavy atom. The topological polar surface area (TPSA) is 75.9 Å². The van der Waals surface area contributed by atoms with E-state index in [1.807, 2.05) is 45.2 Å². The second-order valence-corrected chi connectivity index (χ2v) is 8.96. The molecule has 3 aromatic heterocycles. The Bertz CT molecular complexity index is 1000. The Hall–Kier alpha value is -2.58. The zero-order valence-corrected chi connectivity index (χ0v) is 19.4. The van der Waals surface area contributed by atoms with Gasteiger partial charge >= 0.3 is 0 Å². The summed E-state index contributed by atoms with van der Waals surface area (Å²) in [5.74, 6) is 0. The number of nitrogens with one attached hydrogen (secondary N) is 1. The fourth-order valence-electron chi connectivity index (χ4n) is 3.34. The maximum atomic E-state index is 10.8. The first-order valence-corrected chi connectivity index (χ1v) is 11.0. The van der Waals surface area contributed by atoms with Crippen molar-refractivity contribution in [3.8, 4) is 21.8 Å². The molecule has 0 radical (unpaired) electrons. The molecular weight excluding hydrogens is 396 g/mol. The number of aryl methyl sites for hydroxylation is 2. The largest absolute Gasteiger partial charge is 0.312 e. The molecule has 1 amide bonds. The van der Waals surface area contributed by atoms with Crippen molar-refractivity contribution >= 4 is 22.9 Å². The van der Waals surface area contributed by atoms with Crippen molar-refractivity contribution in [2.24, 2.45) is 0 Å². The van der Waals surface area contributed by atoms with Gasteiger partial charge in [-0.1, -0.05) is 18.3 Å². The minimum absolute atomic E-state index is 0.284. The van der Waals surface area contributed by atoms with E-state index in [4.69, 9.17) is 5.10 Å². The summed E-state index contributed by atoms with van der Waals surface area (Å²) in [5, 5.41) is 8.32. The number of carbonyl (C=O) groups is 1. The fourth-order valence-corrected chi connectivity index (χ4v) is 4.38. The van der Waals surface area contributed by atoms with Gasteiger partial charge in [0.25, 0.3) is 0 Å². The number of rotatable bonds is 5. The van der Waals surface area contributed by atoms with Gasteiger partial charge in [0.2, 0.25) is 6.41 Å². The summed E-state index contributed by atoms with van der Waals surface area (Å²) in [4.78, 5) is 22.9. The zero-order chi connectivity index (χ0) is 21.8. The minimum atomic E-state index is 0.284. The van der Waals surface area contributed by atoms with Crippen molar-refractivity contribution < 1.29 is 4.79 Å². The summed E-state index contributed by atoms with van der Waals surface area (Å²) in [7, 11) is 6.00. The third kappa shape index (κ3) is 4.60. The lowest BCUT2D eigenvalue weighted by atomic mass is 9.95. The molecule has 0 aliphatic heterocycles. The molecule has 1 unspecified atom stereocenters. The van der Waals surface area contributed by atoms with Crippen molar-refractivity contribution in [3.05, 3.63) is 35.3 Å². The van der Waals surface area contributed by atoms with Crippen LogP contribution in [-0.2, 0) is 17.6 Å². The molecule has 160 valence electrons. The van der Waals surface area contributed by atoms with E-state index in [0.717, 1.165) is 52.5 Å². The molecule has 3 heterocycles. The number of hydrogen-bond donors (Lipinski definition) is 1. The molecule has 30 heavy (non-hydrogen) atoms. The maximum absolute atomic E-state index is 10.8. The van der Waals surface area contributed by atoms with Gasteiger partial charge in [-0.3, -0.25) is 14.5 Å². The molecule has 7 nitrogen and oxygen atoms in total. The van der Waals surface area contributed by atoms with Crippen LogP contribution in [-0.4, -0.2) is 52.2 Å². The average molecular weight is 427 g/mol. The number of aromatic nitrogens is 4. The van der Waals surface area contributed by atoms with E-state index in [1.54, 1.807) is 0 Å². The van der Waals surface area contributed by atoms with Crippen molar-refractivity contribution in [1.82, 2.24) is 24.6 Å². The third-order valence-corrected chi connectivity index (χ3v) is 5.94. The third-order valence-electron chi connectivity index (χ3n) is 4.91. The lowest BCUT2D eigenvalue weighted by Gasteiger charge is -2.17. The Morgan fingerprint density at radius 3 is 2.63 bits per heavy atom. The summed E-state index contributed by atoms with van der Waals surface area (Å²) < 4.78 is 2.13. The zero-order valence-electron chi connectivity index (χ0n) is 18.6. The van der Waals surface area contributed by atoms with Crippen molar-refractivity contribution in [2.75, 3.05) is 26.5 Å². The standard InChI is InChI=1S/C19H21N5OS.C3H9N/c1-4-12(3)24-17-14(16(23-24)13-6-5-11(2)20-9-13)7-8-15-18(17)26-19(22-15)21-10-25;1-4(2)3/h5-6,9-10,12H,4,7-8H2,1-3H3,(H,21,22,25);1-3H3. The van der Waals surface area contributed by atoms with E-state index in [1.165, 1.54) is 16.9 Å². The SMILES string of the molecule is CCC(C)n1nc(-c2ccc(C)nc2)c2c1-c1sc(NC=O)nc1CC2.CN(C)C. The van der Waals surface area contributed by atoms with Crippen LogP contribution in [0.15, 0.2) is 18.3 Å². The van der Waals surface area contributed by atoms with Gasteiger partial charge in [0.15, 0.2) is 5.13 Å². The number of anilines is 1. The molecule has 0 fully saturated rings. The molecule has 1 N–H and O–H groups in total. The van der Waals surface area contributed by atoms with Gasteiger partial charge in [0, 0.05) is 29.1 Å². The molecule has 3 aromatic rings. The number of amides is 1. The molecule has 1 aliphatic carbocycles. The quantitative estimate of drug-likeness (QED) is 0.619. The lowest BCUT2D eigenvalue weighted by molar-refractivity contribution is -0.105. The first kappa shape index (κ1) is 22.1. The van der Waals surface area contributed by atoms with Crippen LogP contribution in [0.1, 0.15) is 43.3 Å². The molecule has 0 spiro atoms. The van der Waals surface area contributed by atoms with Gasteiger partial charge in [-0.25, -0.2) is 4.98 Å². The van der Waals surface area contributed by atoms with Crippen LogP contribution in [0.2, 0.25) is 0 Å². The highest BCUT2D eigenvalue weighted by Gasteiger charge is 2.30. The second-order valence-electron chi connectivity index (χ2n) is 7.96. The van der Waals surface area contributed by atoms with E-state index in [-0.39, 0.29) is 6.04 Å². The summed E-state index contributed by atoms with van der Waals surface area (Å²) in [6, 6.07) is 4.40. The predicted octanol–water partition coefficient (Wildman–Crippen LogP) is 4.19. The van der Waals surface area contributed by atoms with Crippen LogP contribution < -0.4 is 5.32 Å². The first-order valence-electron chi connectivity index (χ1n) is 10.2. The highest BCUT2D eigenvalue weighted by molar-refractivity contribution is 7.19. The number of carbonyl (C=O) groups excluding carboxylic acids is 1. The smallest absolute Gasteiger partial charge is 0.213 e. The first-order chi connectivity index (χ1) is 14.3. The minimum Gasteiger partial charge on any atom is -0.312 e. The Kier molecular flexibility index (Phi) is 6.99. The number of nitrogens with zero attached hydrogens (tertiary/aromatic N) is 5. The van der Waals surface area contributed by atoms with E-state index >= 15 is 0 Å². The number of pyridine rings is 1. The number of thiazole rings is 1. The Morgan fingerprint density at radius 1 is 1.30 bits per heavy atom. The summed E-state index contributed by atoms with van der Waals surface area (Å²) in [6.07, 6.45) is 5.33. The van der Waals surface area contributed by atoms with E-state index in [9.17, 15) is 4.79 Å². The summed E-state index contributed by atoms with van der Waals surface area (Å²) in [6.45, 7) is 6.34.